The molecule has 0 unspecified atom stereocenters. The summed E-state index contributed by atoms with van der Waals surface area (Å²) < 4.78 is 0.109. The van der Waals surface area contributed by atoms with Crippen LogP contribution in [0.4, 0.5) is 5.82 Å². The first-order chi connectivity index (χ1) is 7.37. The van der Waals surface area contributed by atoms with Gasteiger partial charge in [-0.15, -0.1) is 11.8 Å². The third-order valence-corrected chi connectivity index (χ3v) is 3.09. The molecule has 0 radical (unpaired) electrons. The molecule has 1 N–H and O–H groups in total. The Balaban J connectivity index is 2.43. The zero-order valence-electron chi connectivity index (χ0n) is 10.2. The fraction of sp³-hybridized carbons (Fsp3) is 0.500. The number of rotatable bonds is 3. The SMILES string of the molecule is Cc1ccc(NC(=O)CSC(C)(C)C)nc1. The Bertz CT molecular complexity index is 354. The maximum Gasteiger partial charge on any atom is 0.235 e. The molecule has 1 aromatic heterocycles. The minimum absolute atomic E-state index is 0.00345. The lowest BCUT2D eigenvalue weighted by atomic mass is 10.3. The summed E-state index contributed by atoms with van der Waals surface area (Å²) in [6.07, 6.45) is 1.74. The van der Waals surface area contributed by atoms with Crippen molar-refractivity contribution in [1.29, 1.82) is 0 Å². The fourth-order valence-corrected chi connectivity index (χ4v) is 1.64. The fourth-order valence-electron chi connectivity index (χ4n) is 1.00. The van der Waals surface area contributed by atoms with Gasteiger partial charge < -0.3 is 5.32 Å². The molecule has 0 aliphatic heterocycles. The zero-order chi connectivity index (χ0) is 12.2. The Hall–Kier alpha value is -1.03. The van der Waals surface area contributed by atoms with Gasteiger partial charge in [-0.05, 0) is 18.6 Å². The van der Waals surface area contributed by atoms with Crippen molar-refractivity contribution in [2.45, 2.75) is 32.4 Å². The number of hydrogen-bond donors (Lipinski definition) is 1. The van der Waals surface area contributed by atoms with E-state index in [1.165, 1.54) is 0 Å². The molecular formula is C12H18N2OS. The molecule has 0 bridgehead atoms. The average Bonchev–Trinajstić information content (AvgIpc) is 2.18. The predicted octanol–water partition coefficient (Wildman–Crippen LogP) is 2.86. The minimum atomic E-state index is -0.00345. The molecule has 0 aromatic carbocycles. The van der Waals surface area contributed by atoms with Crippen LogP contribution in [0.1, 0.15) is 26.3 Å². The predicted molar refractivity (Wildman–Crippen MR) is 69.8 cm³/mol. The number of nitrogens with zero attached hydrogens (tertiary/aromatic N) is 1. The summed E-state index contributed by atoms with van der Waals surface area (Å²) in [5.41, 5.74) is 1.09. The number of carbonyl (C=O) groups is 1. The number of anilines is 1. The summed E-state index contributed by atoms with van der Waals surface area (Å²) in [6.45, 7) is 8.24. The summed E-state index contributed by atoms with van der Waals surface area (Å²) in [5, 5.41) is 2.77. The smallest absolute Gasteiger partial charge is 0.235 e. The van der Waals surface area contributed by atoms with E-state index in [0.717, 1.165) is 5.56 Å². The van der Waals surface area contributed by atoms with E-state index in [0.29, 0.717) is 11.6 Å². The van der Waals surface area contributed by atoms with Crippen LogP contribution in [-0.2, 0) is 4.79 Å². The summed E-state index contributed by atoms with van der Waals surface area (Å²) in [7, 11) is 0. The van der Waals surface area contributed by atoms with Crippen molar-refractivity contribution in [1.82, 2.24) is 4.98 Å². The standard InChI is InChI=1S/C12H18N2OS/c1-9-5-6-10(13-7-9)14-11(15)8-16-12(2,3)4/h5-7H,8H2,1-4H3,(H,13,14,15). The van der Waals surface area contributed by atoms with Crippen molar-refractivity contribution in [2.24, 2.45) is 0 Å². The van der Waals surface area contributed by atoms with Crippen LogP contribution in [0.3, 0.4) is 0 Å². The number of hydrogen-bond acceptors (Lipinski definition) is 3. The van der Waals surface area contributed by atoms with Gasteiger partial charge in [0.2, 0.25) is 5.91 Å². The minimum Gasteiger partial charge on any atom is -0.310 e. The van der Waals surface area contributed by atoms with Crippen LogP contribution in [-0.4, -0.2) is 21.4 Å². The van der Waals surface area contributed by atoms with Gasteiger partial charge in [-0.3, -0.25) is 4.79 Å². The lowest BCUT2D eigenvalue weighted by molar-refractivity contribution is -0.113. The first kappa shape index (κ1) is 13.0. The van der Waals surface area contributed by atoms with Crippen molar-refractivity contribution in [3.8, 4) is 0 Å². The van der Waals surface area contributed by atoms with E-state index in [9.17, 15) is 4.79 Å². The molecule has 1 aromatic rings. The largest absolute Gasteiger partial charge is 0.310 e. The topological polar surface area (TPSA) is 42.0 Å². The van der Waals surface area contributed by atoms with Gasteiger partial charge in [-0.1, -0.05) is 26.8 Å². The first-order valence-corrected chi connectivity index (χ1v) is 6.22. The van der Waals surface area contributed by atoms with Gasteiger partial charge in [-0.25, -0.2) is 4.98 Å². The second-order valence-electron chi connectivity index (χ2n) is 4.67. The van der Waals surface area contributed by atoms with E-state index < -0.39 is 0 Å². The molecular weight excluding hydrogens is 220 g/mol. The highest BCUT2D eigenvalue weighted by Gasteiger charge is 2.13. The molecule has 1 amide bonds. The Morgan fingerprint density at radius 2 is 2.12 bits per heavy atom. The molecule has 0 saturated carbocycles. The number of thioether (sulfide) groups is 1. The van der Waals surface area contributed by atoms with E-state index in [2.05, 4.69) is 31.1 Å². The van der Waals surface area contributed by atoms with Crippen LogP contribution in [0.25, 0.3) is 0 Å². The van der Waals surface area contributed by atoms with Crippen LogP contribution in [0.5, 0.6) is 0 Å². The van der Waals surface area contributed by atoms with Gasteiger partial charge >= 0.3 is 0 Å². The van der Waals surface area contributed by atoms with Crippen molar-refractivity contribution in [3.63, 3.8) is 0 Å². The highest BCUT2D eigenvalue weighted by atomic mass is 32.2. The van der Waals surface area contributed by atoms with Crippen LogP contribution in [0, 0.1) is 6.92 Å². The van der Waals surface area contributed by atoms with Crippen molar-refractivity contribution in [3.05, 3.63) is 23.9 Å². The molecule has 1 rings (SSSR count). The number of aromatic nitrogens is 1. The Kier molecular flexibility index (Phi) is 4.35. The maximum atomic E-state index is 11.6. The number of aryl methyl sites for hydroxylation is 1. The molecule has 0 aliphatic carbocycles. The summed E-state index contributed by atoms with van der Waals surface area (Å²) in [6, 6.07) is 3.74. The van der Waals surface area contributed by atoms with Crippen LogP contribution in [0.15, 0.2) is 18.3 Å². The van der Waals surface area contributed by atoms with E-state index >= 15 is 0 Å². The van der Waals surface area contributed by atoms with Gasteiger partial charge in [0.05, 0.1) is 5.75 Å². The van der Waals surface area contributed by atoms with Gasteiger partial charge in [0, 0.05) is 10.9 Å². The van der Waals surface area contributed by atoms with E-state index in [4.69, 9.17) is 0 Å². The van der Waals surface area contributed by atoms with Gasteiger partial charge in [0.25, 0.3) is 0 Å². The first-order valence-electron chi connectivity index (χ1n) is 5.23. The molecule has 88 valence electrons. The van der Waals surface area contributed by atoms with Crippen molar-refractivity contribution in [2.75, 3.05) is 11.1 Å². The van der Waals surface area contributed by atoms with Gasteiger partial charge in [0.1, 0.15) is 5.82 Å². The normalized spacial score (nSPS) is 11.2. The molecule has 0 fully saturated rings. The second kappa shape index (κ2) is 5.34. The monoisotopic (exact) mass is 238 g/mol. The summed E-state index contributed by atoms with van der Waals surface area (Å²) in [5.74, 6) is 1.07. The summed E-state index contributed by atoms with van der Waals surface area (Å²) >= 11 is 1.62. The lowest BCUT2D eigenvalue weighted by Gasteiger charge is -2.16. The quantitative estimate of drug-likeness (QED) is 0.880. The second-order valence-corrected chi connectivity index (χ2v) is 6.47. The summed E-state index contributed by atoms with van der Waals surface area (Å²) in [4.78, 5) is 15.7. The molecule has 3 nitrogen and oxygen atoms in total. The third-order valence-electron chi connectivity index (χ3n) is 1.82. The van der Waals surface area contributed by atoms with Crippen molar-refractivity contribution >= 4 is 23.5 Å². The molecule has 0 aliphatic rings. The lowest BCUT2D eigenvalue weighted by Crippen LogP contribution is -2.19. The molecule has 0 atom stereocenters. The van der Waals surface area contributed by atoms with E-state index in [-0.39, 0.29) is 10.7 Å². The highest BCUT2D eigenvalue weighted by Crippen LogP contribution is 2.22. The average molecular weight is 238 g/mol. The Morgan fingerprint density at radius 3 is 2.62 bits per heavy atom. The molecule has 16 heavy (non-hydrogen) atoms. The molecule has 1 heterocycles. The number of carbonyl (C=O) groups excluding carboxylic acids is 1. The van der Waals surface area contributed by atoms with E-state index in [1.54, 1.807) is 18.0 Å². The number of pyridine rings is 1. The van der Waals surface area contributed by atoms with Gasteiger partial charge in [0.15, 0.2) is 0 Å². The number of nitrogens with one attached hydrogen (secondary N) is 1. The van der Waals surface area contributed by atoms with E-state index in [1.807, 2.05) is 19.1 Å². The van der Waals surface area contributed by atoms with Crippen molar-refractivity contribution < 1.29 is 4.79 Å². The maximum absolute atomic E-state index is 11.6. The molecule has 4 heteroatoms. The van der Waals surface area contributed by atoms with Crippen LogP contribution in [0.2, 0.25) is 0 Å². The molecule has 0 spiro atoms. The van der Waals surface area contributed by atoms with Gasteiger partial charge in [-0.2, -0.15) is 0 Å². The third kappa shape index (κ3) is 5.16. The van der Waals surface area contributed by atoms with Crippen LogP contribution >= 0.6 is 11.8 Å². The zero-order valence-corrected chi connectivity index (χ0v) is 11.0. The van der Waals surface area contributed by atoms with Crippen LogP contribution < -0.4 is 5.32 Å². The molecule has 0 saturated heterocycles. The number of amides is 1. The highest BCUT2D eigenvalue weighted by molar-refractivity contribution is 8.01. The Labute approximate surface area is 101 Å². The Morgan fingerprint density at radius 1 is 1.44 bits per heavy atom.